The van der Waals surface area contributed by atoms with Crippen LogP contribution in [0.5, 0.6) is 0 Å². The molecule has 2 aliphatic rings. The Balaban J connectivity index is 0.00000160. The Hall–Kier alpha value is -1.76. The van der Waals surface area contributed by atoms with Gasteiger partial charge in [-0.1, -0.05) is 18.2 Å². The predicted octanol–water partition coefficient (Wildman–Crippen LogP) is 3.62. The number of rotatable bonds is 4. The third-order valence-electron chi connectivity index (χ3n) is 5.99. The standard InChI is InChI=1S/C22H32N6.2ClH/c1-16-7-4-5-8-20(16)27-9-6-10-28(12-11-27)21-15-19(17-13-18(23)14-17)24-22(25-21)26(2)3;;/h4-5,7-8,15,17-18H,6,9-14,23H2,1-3H3;2*1H. The number of anilines is 3. The summed E-state index contributed by atoms with van der Waals surface area (Å²) in [7, 11) is 4.02. The van der Waals surface area contributed by atoms with Gasteiger partial charge in [-0.05, 0) is 37.8 Å². The minimum Gasteiger partial charge on any atom is -0.369 e. The average molecular weight is 453 g/mol. The van der Waals surface area contributed by atoms with Gasteiger partial charge in [-0.15, -0.1) is 24.8 Å². The largest absolute Gasteiger partial charge is 0.369 e. The van der Waals surface area contributed by atoms with Crippen LogP contribution >= 0.6 is 24.8 Å². The maximum absolute atomic E-state index is 6.02. The first-order chi connectivity index (χ1) is 13.5. The van der Waals surface area contributed by atoms with Gasteiger partial charge < -0.3 is 20.4 Å². The zero-order chi connectivity index (χ0) is 19.7. The number of nitrogens with zero attached hydrogens (tertiary/aromatic N) is 5. The molecule has 1 aromatic heterocycles. The average Bonchev–Trinajstić information content (AvgIpc) is 2.91. The van der Waals surface area contributed by atoms with Crippen molar-refractivity contribution in [3.8, 4) is 0 Å². The molecule has 0 atom stereocenters. The number of hydrogen-bond acceptors (Lipinski definition) is 6. The third-order valence-corrected chi connectivity index (χ3v) is 5.99. The molecule has 2 N–H and O–H groups in total. The van der Waals surface area contributed by atoms with Gasteiger partial charge in [0.25, 0.3) is 0 Å². The van der Waals surface area contributed by atoms with Crippen LogP contribution in [0, 0.1) is 6.92 Å². The molecule has 0 bridgehead atoms. The van der Waals surface area contributed by atoms with Crippen molar-refractivity contribution in [2.45, 2.75) is 38.1 Å². The third kappa shape index (κ3) is 5.29. The van der Waals surface area contributed by atoms with Crippen LogP contribution in [0.1, 0.15) is 36.4 Å². The second kappa shape index (κ2) is 10.5. The summed E-state index contributed by atoms with van der Waals surface area (Å²) in [6, 6.07) is 11.2. The number of halogens is 2. The summed E-state index contributed by atoms with van der Waals surface area (Å²) >= 11 is 0. The Morgan fingerprint density at radius 3 is 2.30 bits per heavy atom. The number of aryl methyl sites for hydroxylation is 1. The highest BCUT2D eigenvalue weighted by Gasteiger charge is 2.30. The monoisotopic (exact) mass is 452 g/mol. The molecule has 2 fully saturated rings. The van der Waals surface area contributed by atoms with E-state index in [9.17, 15) is 0 Å². The fraction of sp³-hybridized carbons (Fsp3) is 0.545. The Morgan fingerprint density at radius 2 is 1.63 bits per heavy atom. The molecule has 1 saturated carbocycles. The summed E-state index contributed by atoms with van der Waals surface area (Å²) in [4.78, 5) is 16.6. The first-order valence-electron chi connectivity index (χ1n) is 10.4. The quantitative estimate of drug-likeness (QED) is 0.763. The predicted molar refractivity (Wildman–Crippen MR) is 131 cm³/mol. The Bertz CT molecular complexity index is 825. The number of nitrogens with two attached hydrogens (primary N) is 1. The van der Waals surface area contributed by atoms with E-state index in [1.807, 2.05) is 19.0 Å². The normalized spacial score (nSPS) is 21.1. The molecular formula is C22H34Cl2N6. The fourth-order valence-corrected chi connectivity index (χ4v) is 4.22. The molecule has 6 nitrogen and oxygen atoms in total. The smallest absolute Gasteiger partial charge is 0.227 e. The van der Waals surface area contributed by atoms with Crippen LogP contribution in [0.2, 0.25) is 0 Å². The maximum Gasteiger partial charge on any atom is 0.227 e. The van der Waals surface area contributed by atoms with Crippen LogP contribution in [0.15, 0.2) is 30.3 Å². The Kier molecular flexibility index (Phi) is 8.59. The van der Waals surface area contributed by atoms with Gasteiger partial charge in [-0.25, -0.2) is 4.98 Å². The molecule has 4 rings (SSSR count). The van der Waals surface area contributed by atoms with E-state index in [1.165, 1.54) is 11.3 Å². The van der Waals surface area contributed by atoms with E-state index < -0.39 is 0 Å². The topological polar surface area (TPSA) is 61.5 Å². The SMILES string of the molecule is Cc1ccccc1N1CCCN(c2cc(C3CC(N)C3)nc(N(C)C)n2)CC1.Cl.Cl. The van der Waals surface area contributed by atoms with Crippen LogP contribution in [0.4, 0.5) is 17.5 Å². The zero-order valence-electron chi connectivity index (χ0n) is 18.1. The number of benzene rings is 1. The molecule has 8 heteroatoms. The van der Waals surface area contributed by atoms with E-state index in [1.54, 1.807) is 0 Å². The van der Waals surface area contributed by atoms with Crippen LogP contribution in [0.25, 0.3) is 0 Å². The summed E-state index contributed by atoms with van der Waals surface area (Å²) in [5.41, 5.74) is 9.86. The van der Waals surface area contributed by atoms with Crippen molar-refractivity contribution in [1.29, 1.82) is 0 Å². The van der Waals surface area contributed by atoms with Gasteiger partial charge in [-0.2, -0.15) is 4.98 Å². The lowest BCUT2D eigenvalue weighted by molar-refractivity contribution is 0.345. The van der Waals surface area contributed by atoms with Gasteiger partial charge in [0.15, 0.2) is 0 Å². The van der Waals surface area contributed by atoms with E-state index in [4.69, 9.17) is 15.7 Å². The van der Waals surface area contributed by atoms with Gasteiger partial charge in [0.1, 0.15) is 5.82 Å². The summed E-state index contributed by atoms with van der Waals surface area (Å²) in [6.07, 6.45) is 3.19. The molecule has 0 radical (unpaired) electrons. The Morgan fingerprint density at radius 1 is 0.967 bits per heavy atom. The van der Waals surface area contributed by atoms with E-state index in [0.717, 1.165) is 62.9 Å². The van der Waals surface area contributed by atoms with E-state index in [-0.39, 0.29) is 24.8 Å². The summed E-state index contributed by atoms with van der Waals surface area (Å²) in [5.74, 6) is 2.33. The molecule has 0 unspecified atom stereocenters. The number of para-hydroxylation sites is 1. The molecule has 1 aliphatic carbocycles. The second-order valence-corrected chi connectivity index (χ2v) is 8.39. The fourth-order valence-electron chi connectivity index (χ4n) is 4.22. The van der Waals surface area contributed by atoms with Crippen LogP contribution in [-0.4, -0.2) is 56.3 Å². The second-order valence-electron chi connectivity index (χ2n) is 8.39. The van der Waals surface area contributed by atoms with Gasteiger partial charge in [0.2, 0.25) is 5.95 Å². The molecule has 2 aromatic rings. The highest BCUT2D eigenvalue weighted by Crippen LogP contribution is 2.36. The van der Waals surface area contributed by atoms with Crippen molar-refractivity contribution in [2.75, 3.05) is 55.0 Å². The minimum atomic E-state index is 0. The van der Waals surface area contributed by atoms with Crippen molar-refractivity contribution >= 4 is 42.3 Å². The van der Waals surface area contributed by atoms with Crippen LogP contribution in [-0.2, 0) is 0 Å². The lowest BCUT2D eigenvalue weighted by Crippen LogP contribution is -2.36. The zero-order valence-corrected chi connectivity index (χ0v) is 19.8. The lowest BCUT2D eigenvalue weighted by atomic mass is 9.78. The number of hydrogen-bond donors (Lipinski definition) is 1. The lowest BCUT2D eigenvalue weighted by Gasteiger charge is -2.33. The minimum absolute atomic E-state index is 0. The number of aromatic nitrogens is 2. The molecule has 1 saturated heterocycles. The van der Waals surface area contributed by atoms with Crippen molar-refractivity contribution in [3.05, 3.63) is 41.6 Å². The van der Waals surface area contributed by atoms with Gasteiger partial charge in [0, 0.05) is 64.0 Å². The first kappa shape index (κ1) is 24.5. The molecule has 30 heavy (non-hydrogen) atoms. The maximum atomic E-state index is 6.02. The van der Waals surface area contributed by atoms with E-state index in [2.05, 4.69) is 47.1 Å². The molecular weight excluding hydrogens is 419 g/mol. The van der Waals surface area contributed by atoms with Crippen molar-refractivity contribution in [2.24, 2.45) is 5.73 Å². The molecule has 0 spiro atoms. The van der Waals surface area contributed by atoms with E-state index in [0.29, 0.717) is 12.0 Å². The highest BCUT2D eigenvalue weighted by atomic mass is 35.5. The molecule has 1 aromatic carbocycles. The summed E-state index contributed by atoms with van der Waals surface area (Å²) in [6.45, 7) is 6.28. The van der Waals surface area contributed by atoms with Crippen LogP contribution in [0.3, 0.4) is 0 Å². The summed E-state index contributed by atoms with van der Waals surface area (Å²) in [5, 5.41) is 0. The molecule has 1 aliphatic heterocycles. The molecule has 166 valence electrons. The van der Waals surface area contributed by atoms with E-state index >= 15 is 0 Å². The van der Waals surface area contributed by atoms with Gasteiger partial charge in [-0.3, -0.25) is 0 Å². The van der Waals surface area contributed by atoms with Gasteiger partial charge in [0.05, 0.1) is 5.69 Å². The summed E-state index contributed by atoms with van der Waals surface area (Å²) < 4.78 is 0. The molecule has 2 heterocycles. The van der Waals surface area contributed by atoms with Crippen LogP contribution < -0.4 is 20.4 Å². The molecule has 0 amide bonds. The van der Waals surface area contributed by atoms with Gasteiger partial charge >= 0.3 is 0 Å². The highest BCUT2D eigenvalue weighted by molar-refractivity contribution is 5.85. The Labute approximate surface area is 192 Å². The van der Waals surface area contributed by atoms with Crippen molar-refractivity contribution < 1.29 is 0 Å². The van der Waals surface area contributed by atoms with Crippen molar-refractivity contribution in [3.63, 3.8) is 0 Å². The van der Waals surface area contributed by atoms with Crippen molar-refractivity contribution in [1.82, 2.24) is 9.97 Å². The first-order valence-corrected chi connectivity index (χ1v) is 10.4.